The molecule has 0 saturated heterocycles. The van der Waals surface area contributed by atoms with E-state index in [4.69, 9.17) is 28.2 Å². The molecule has 4 rings (SSSR count). The SMILES string of the molecule is C/C(=N\Nc1cc(-c2ccccc2)nc(-c2ccccc2)n1)c1ccc(Cl)c(Cl)c1. The van der Waals surface area contributed by atoms with Crippen molar-refractivity contribution in [3.63, 3.8) is 0 Å². The van der Waals surface area contributed by atoms with E-state index in [0.717, 1.165) is 28.1 Å². The molecule has 1 aromatic heterocycles. The number of nitrogens with zero attached hydrogens (tertiary/aromatic N) is 3. The molecule has 0 amide bonds. The van der Waals surface area contributed by atoms with Gasteiger partial charge in [-0.05, 0) is 24.6 Å². The number of anilines is 1. The normalized spacial score (nSPS) is 11.4. The van der Waals surface area contributed by atoms with Gasteiger partial charge in [0, 0.05) is 17.2 Å². The quantitative estimate of drug-likeness (QED) is 0.274. The van der Waals surface area contributed by atoms with Crippen LogP contribution in [0.1, 0.15) is 12.5 Å². The largest absolute Gasteiger partial charge is 0.261 e. The van der Waals surface area contributed by atoms with E-state index in [-0.39, 0.29) is 0 Å². The number of rotatable bonds is 5. The van der Waals surface area contributed by atoms with Gasteiger partial charge in [0.1, 0.15) is 0 Å². The van der Waals surface area contributed by atoms with Gasteiger partial charge in [0.2, 0.25) is 0 Å². The molecule has 0 unspecified atom stereocenters. The molecule has 1 heterocycles. The summed E-state index contributed by atoms with van der Waals surface area (Å²) in [6.07, 6.45) is 0. The van der Waals surface area contributed by atoms with Gasteiger partial charge in [-0.2, -0.15) is 5.10 Å². The Morgan fingerprint density at radius 1 is 0.767 bits per heavy atom. The Labute approximate surface area is 185 Å². The van der Waals surface area contributed by atoms with Gasteiger partial charge in [-0.3, -0.25) is 5.43 Å². The van der Waals surface area contributed by atoms with Crippen molar-refractivity contribution in [3.8, 4) is 22.6 Å². The van der Waals surface area contributed by atoms with E-state index in [9.17, 15) is 0 Å². The predicted octanol–water partition coefficient (Wildman–Crippen LogP) is 6.95. The fourth-order valence-corrected chi connectivity index (χ4v) is 3.20. The maximum absolute atomic E-state index is 6.12. The van der Waals surface area contributed by atoms with Gasteiger partial charge in [0.05, 0.1) is 21.5 Å². The summed E-state index contributed by atoms with van der Waals surface area (Å²) < 4.78 is 0. The highest BCUT2D eigenvalue weighted by Crippen LogP contribution is 2.25. The minimum Gasteiger partial charge on any atom is -0.261 e. The molecule has 0 aliphatic heterocycles. The average molecular weight is 433 g/mol. The molecule has 3 aromatic carbocycles. The average Bonchev–Trinajstić information content (AvgIpc) is 2.80. The molecule has 0 aliphatic rings. The number of nitrogens with one attached hydrogen (secondary N) is 1. The first-order valence-electron chi connectivity index (χ1n) is 9.36. The van der Waals surface area contributed by atoms with Crippen LogP contribution >= 0.6 is 23.2 Å². The third-order valence-corrected chi connectivity index (χ3v) is 5.24. The summed E-state index contributed by atoms with van der Waals surface area (Å²) in [5.74, 6) is 1.23. The molecule has 4 nitrogen and oxygen atoms in total. The molecular formula is C24H18Cl2N4. The highest BCUT2D eigenvalue weighted by atomic mass is 35.5. The van der Waals surface area contributed by atoms with Crippen LogP contribution in [0.3, 0.4) is 0 Å². The molecule has 0 saturated carbocycles. The molecule has 0 spiro atoms. The van der Waals surface area contributed by atoms with Crippen LogP contribution in [0.25, 0.3) is 22.6 Å². The predicted molar refractivity (Wildman–Crippen MR) is 125 cm³/mol. The van der Waals surface area contributed by atoms with Gasteiger partial charge in [0.15, 0.2) is 11.6 Å². The highest BCUT2D eigenvalue weighted by molar-refractivity contribution is 6.42. The Morgan fingerprint density at radius 3 is 2.10 bits per heavy atom. The summed E-state index contributed by atoms with van der Waals surface area (Å²) in [7, 11) is 0. The summed E-state index contributed by atoms with van der Waals surface area (Å²) in [6.45, 7) is 1.89. The Morgan fingerprint density at radius 2 is 1.43 bits per heavy atom. The lowest BCUT2D eigenvalue weighted by atomic mass is 10.1. The molecule has 0 radical (unpaired) electrons. The zero-order valence-electron chi connectivity index (χ0n) is 16.2. The lowest BCUT2D eigenvalue weighted by Gasteiger charge is -2.09. The smallest absolute Gasteiger partial charge is 0.162 e. The molecule has 0 atom stereocenters. The van der Waals surface area contributed by atoms with Crippen molar-refractivity contribution in [1.82, 2.24) is 9.97 Å². The van der Waals surface area contributed by atoms with Crippen LogP contribution in [-0.4, -0.2) is 15.7 Å². The van der Waals surface area contributed by atoms with E-state index < -0.39 is 0 Å². The molecule has 0 bridgehead atoms. The van der Waals surface area contributed by atoms with Gasteiger partial charge in [-0.25, -0.2) is 9.97 Å². The van der Waals surface area contributed by atoms with E-state index in [1.54, 1.807) is 12.1 Å². The molecule has 0 fully saturated rings. The van der Waals surface area contributed by atoms with Crippen molar-refractivity contribution in [3.05, 3.63) is 101 Å². The fourth-order valence-electron chi connectivity index (χ4n) is 2.90. The molecular weight excluding hydrogens is 415 g/mol. The van der Waals surface area contributed by atoms with Crippen molar-refractivity contribution in [1.29, 1.82) is 0 Å². The lowest BCUT2D eigenvalue weighted by Crippen LogP contribution is -2.03. The molecule has 0 aliphatic carbocycles. The van der Waals surface area contributed by atoms with Crippen molar-refractivity contribution < 1.29 is 0 Å². The topological polar surface area (TPSA) is 50.2 Å². The van der Waals surface area contributed by atoms with Crippen molar-refractivity contribution in [2.45, 2.75) is 6.92 Å². The van der Waals surface area contributed by atoms with E-state index in [1.165, 1.54) is 0 Å². The molecule has 148 valence electrons. The number of hydrogen-bond donors (Lipinski definition) is 1. The van der Waals surface area contributed by atoms with E-state index in [1.807, 2.05) is 79.7 Å². The van der Waals surface area contributed by atoms with Gasteiger partial charge in [-0.1, -0.05) is 89.9 Å². The maximum atomic E-state index is 6.12. The summed E-state index contributed by atoms with van der Waals surface area (Å²) in [4.78, 5) is 9.40. The van der Waals surface area contributed by atoms with Gasteiger partial charge in [0.25, 0.3) is 0 Å². The Bertz CT molecular complexity index is 1130. The Balaban J connectivity index is 1.70. The summed E-state index contributed by atoms with van der Waals surface area (Å²) >= 11 is 12.1. The second-order valence-corrected chi connectivity index (χ2v) is 7.45. The van der Waals surface area contributed by atoms with Crippen LogP contribution in [0.5, 0.6) is 0 Å². The maximum Gasteiger partial charge on any atom is 0.162 e. The van der Waals surface area contributed by atoms with Crippen molar-refractivity contribution in [2.24, 2.45) is 5.10 Å². The van der Waals surface area contributed by atoms with E-state index in [0.29, 0.717) is 21.7 Å². The summed E-state index contributed by atoms with van der Waals surface area (Å²) in [5, 5.41) is 5.48. The van der Waals surface area contributed by atoms with E-state index >= 15 is 0 Å². The number of hydrogen-bond acceptors (Lipinski definition) is 4. The monoisotopic (exact) mass is 432 g/mol. The van der Waals surface area contributed by atoms with Crippen LogP contribution in [0.2, 0.25) is 10.0 Å². The van der Waals surface area contributed by atoms with Crippen LogP contribution in [0.4, 0.5) is 5.82 Å². The standard InChI is InChI=1S/C24H18Cl2N4/c1-16(19-12-13-20(25)21(26)14-19)29-30-23-15-22(17-8-4-2-5-9-17)27-24(28-23)18-10-6-3-7-11-18/h2-15H,1H3,(H,27,28,30)/b29-16+. The molecule has 4 aromatic rings. The second-order valence-electron chi connectivity index (χ2n) is 6.63. The second kappa shape index (κ2) is 9.08. The number of halogens is 2. The number of hydrazone groups is 1. The van der Waals surface area contributed by atoms with Crippen molar-refractivity contribution in [2.75, 3.05) is 5.43 Å². The number of benzene rings is 3. The first-order chi connectivity index (χ1) is 14.6. The van der Waals surface area contributed by atoms with Crippen LogP contribution in [-0.2, 0) is 0 Å². The summed E-state index contributed by atoms with van der Waals surface area (Å²) in [6, 6.07) is 27.2. The number of aromatic nitrogens is 2. The van der Waals surface area contributed by atoms with Crippen LogP contribution in [0.15, 0.2) is 90.0 Å². The van der Waals surface area contributed by atoms with Crippen molar-refractivity contribution >= 4 is 34.7 Å². The third-order valence-electron chi connectivity index (χ3n) is 4.50. The van der Waals surface area contributed by atoms with Crippen LogP contribution < -0.4 is 5.43 Å². The Kier molecular flexibility index (Phi) is 6.07. The molecule has 30 heavy (non-hydrogen) atoms. The molecule has 6 heteroatoms. The van der Waals surface area contributed by atoms with E-state index in [2.05, 4.69) is 15.5 Å². The van der Waals surface area contributed by atoms with Gasteiger partial charge in [-0.15, -0.1) is 0 Å². The fraction of sp³-hybridized carbons (Fsp3) is 0.0417. The first-order valence-corrected chi connectivity index (χ1v) is 10.1. The third kappa shape index (κ3) is 4.67. The minimum atomic E-state index is 0.489. The molecule has 1 N–H and O–H groups in total. The van der Waals surface area contributed by atoms with Crippen LogP contribution in [0, 0.1) is 0 Å². The summed E-state index contributed by atoms with van der Waals surface area (Å²) in [5.41, 5.74) is 7.44. The zero-order chi connectivity index (χ0) is 20.9. The first kappa shape index (κ1) is 20.1. The lowest BCUT2D eigenvalue weighted by molar-refractivity contribution is 1.15. The van der Waals surface area contributed by atoms with Gasteiger partial charge >= 0.3 is 0 Å². The highest BCUT2D eigenvalue weighted by Gasteiger charge is 2.09. The Hall–Kier alpha value is -3.21. The van der Waals surface area contributed by atoms with Gasteiger partial charge < -0.3 is 0 Å². The minimum absolute atomic E-state index is 0.489. The zero-order valence-corrected chi connectivity index (χ0v) is 17.7.